The molecule has 0 bridgehead atoms. The first-order chi connectivity index (χ1) is 12.0. The van der Waals surface area contributed by atoms with Crippen LogP contribution in [0.15, 0.2) is 29.3 Å². The Balaban J connectivity index is 2.53. The third-order valence-electron chi connectivity index (χ3n) is 3.33. The van der Waals surface area contributed by atoms with Crippen LogP contribution in [0.25, 0.3) is 11.6 Å². The highest BCUT2D eigenvalue weighted by Crippen LogP contribution is 2.33. The third kappa shape index (κ3) is 4.43. The van der Waals surface area contributed by atoms with E-state index < -0.39 is 11.9 Å². The quantitative estimate of drug-likeness (QED) is 0.341. The Morgan fingerprint density at radius 3 is 2.80 bits per heavy atom. The van der Waals surface area contributed by atoms with Gasteiger partial charge in [-0.25, -0.2) is 4.79 Å². The molecule has 0 unspecified atom stereocenters. The number of esters is 2. The normalized spacial score (nSPS) is 10.8. The van der Waals surface area contributed by atoms with Crippen molar-refractivity contribution >= 4 is 35.3 Å². The molecule has 25 heavy (non-hydrogen) atoms. The summed E-state index contributed by atoms with van der Waals surface area (Å²) in [6.07, 6.45) is 4.77. The molecule has 0 aliphatic carbocycles. The molecule has 0 spiro atoms. The molecule has 0 radical (unpaired) electrons. The molecule has 0 aromatic carbocycles. The van der Waals surface area contributed by atoms with Crippen LogP contribution in [0.2, 0.25) is 0 Å². The number of aromatic nitrogens is 1. The molecule has 130 valence electrons. The molecule has 0 aliphatic rings. The molecule has 0 saturated carbocycles. The van der Waals surface area contributed by atoms with E-state index in [9.17, 15) is 14.9 Å². The molecule has 0 saturated heterocycles. The number of pyridine rings is 1. The van der Waals surface area contributed by atoms with Crippen LogP contribution in [0.4, 0.5) is 0 Å². The summed E-state index contributed by atoms with van der Waals surface area (Å²) >= 11 is 1.23. The SMILES string of the molecule is CCOC(=O)/C=C/c1c(SCOC(C)=O)c(C#N)c2cc(C)ccn12. The summed E-state index contributed by atoms with van der Waals surface area (Å²) < 4.78 is 11.7. The fourth-order valence-corrected chi connectivity index (χ4v) is 3.23. The predicted octanol–water partition coefficient (Wildman–Crippen LogP) is 3.31. The average molecular weight is 358 g/mol. The van der Waals surface area contributed by atoms with Gasteiger partial charge in [-0.05, 0) is 37.6 Å². The van der Waals surface area contributed by atoms with Gasteiger partial charge in [-0.1, -0.05) is 11.8 Å². The van der Waals surface area contributed by atoms with Gasteiger partial charge in [-0.3, -0.25) is 4.79 Å². The lowest BCUT2D eigenvalue weighted by Crippen LogP contribution is -1.99. The largest absolute Gasteiger partial charge is 0.463 e. The Kier molecular flexibility index (Phi) is 6.25. The van der Waals surface area contributed by atoms with E-state index in [1.807, 2.05) is 29.7 Å². The molecule has 2 aromatic heterocycles. The second kappa shape index (κ2) is 8.40. The van der Waals surface area contributed by atoms with Crippen LogP contribution in [-0.2, 0) is 19.1 Å². The van der Waals surface area contributed by atoms with E-state index in [-0.39, 0.29) is 12.5 Å². The first-order valence-corrected chi connectivity index (χ1v) is 8.62. The number of nitriles is 1. The third-order valence-corrected chi connectivity index (χ3v) is 4.26. The molecule has 7 heteroatoms. The molecular weight excluding hydrogens is 340 g/mol. The molecule has 2 heterocycles. The van der Waals surface area contributed by atoms with Gasteiger partial charge in [-0.2, -0.15) is 5.26 Å². The van der Waals surface area contributed by atoms with Crippen LogP contribution >= 0.6 is 11.8 Å². The number of thioether (sulfide) groups is 1. The van der Waals surface area contributed by atoms with E-state index in [2.05, 4.69) is 6.07 Å². The molecule has 2 rings (SSSR count). The Morgan fingerprint density at radius 1 is 1.40 bits per heavy atom. The van der Waals surface area contributed by atoms with Gasteiger partial charge in [0.15, 0.2) is 0 Å². The fourth-order valence-electron chi connectivity index (χ4n) is 2.28. The van der Waals surface area contributed by atoms with Crippen molar-refractivity contribution in [2.75, 3.05) is 12.5 Å². The Labute approximate surface area is 150 Å². The van der Waals surface area contributed by atoms with Gasteiger partial charge in [0.1, 0.15) is 12.0 Å². The number of hydrogen-bond acceptors (Lipinski definition) is 6. The topological polar surface area (TPSA) is 80.8 Å². The molecule has 0 amide bonds. The highest BCUT2D eigenvalue weighted by Gasteiger charge is 2.18. The fraction of sp³-hybridized carbons (Fsp3) is 0.278. The molecule has 0 fully saturated rings. The second-order valence-electron chi connectivity index (χ2n) is 5.14. The minimum atomic E-state index is -0.459. The van der Waals surface area contributed by atoms with Gasteiger partial charge in [-0.15, -0.1) is 0 Å². The maximum atomic E-state index is 11.6. The van der Waals surface area contributed by atoms with Crippen molar-refractivity contribution in [3.05, 3.63) is 41.2 Å². The van der Waals surface area contributed by atoms with Crippen LogP contribution in [0, 0.1) is 18.3 Å². The lowest BCUT2D eigenvalue weighted by molar-refractivity contribution is -0.139. The average Bonchev–Trinajstić information content (AvgIpc) is 2.84. The number of carbonyl (C=O) groups is 2. The molecule has 0 aliphatic heterocycles. The standard InChI is InChI=1S/C18H18N2O4S/c1-4-23-17(22)6-5-15-18(25-11-24-13(3)21)14(10-19)16-9-12(2)7-8-20(15)16/h5-9H,4,11H2,1-3H3/b6-5+. The van der Waals surface area contributed by atoms with Gasteiger partial charge in [0.25, 0.3) is 0 Å². The Hall–Kier alpha value is -2.72. The number of hydrogen-bond donors (Lipinski definition) is 0. The van der Waals surface area contributed by atoms with E-state index in [0.29, 0.717) is 16.2 Å². The van der Waals surface area contributed by atoms with Crippen molar-refractivity contribution in [1.29, 1.82) is 5.26 Å². The molecular formula is C18H18N2O4S. The van der Waals surface area contributed by atoms with Gasteiger partial charge in [0.2, 0.25) is 0 Å². The zero-order valence-corrected chi connectivity index (χ0v) is 15.1. The van der Waals surface area contributed by atoms with Crippen LogP contribution in [0.3, 0.4) is 0 Å². The lowest BCUT2D eigenvalue weighted by atomic mass is 10.2. The number of nitrogens with zero attached hydrogens (tertiary/aromatic N) is 2. The van der Waals surface area contributed by atoms with Gasteiger partial charge in [0, 0.05) is 19.2 Å². The van der Waals surface area contributed by atoms with Crippen molar-refractivity contribution in [3.63, 3.8) is 0 Å². The maximum absolute atomic E-state index is 11.6. The molecule has 6 nitrogen and oxygen atoms in total. The first kappa shape index (κ1) is 18.6. The summed E-state index contributed by atoms with van der Waals surface area (Å²) in [5.74, 6) is -0.770. The monoisotopic (exact) mass is 358 g/mol. The summed E-state index contributed by atoms with van der Waals surface area (Å²) in [6.45, 7) is 5.28. The van der Waals surface area contributed by atoms with E-state index in [1.54, 1.807) is 13.0 Å². The van der Waals surface area contributed by atoms with E-state index in [1.165, 1.54) is 24.8 Å². The van der Waals surface area contributed by atoms with E-state index in [0.717, 1.165) is 11.1 Å². The maximum Gasteiger partial charge on any atom is 0.330 e. The zero-order valence-electron chi connectivity index (χ0n) is 14.2. The van der Waals surface area contributed by atoms with Crippen LogP contribution < -0.4 is 0 Å². The minimum Gasteiger partial charge on any atom is -0.463 e. The highest BCUT2D eigenvalue weighted by atomic mass is 32.2. The Bertz CT molecular complexity index is 877. The summed E-state index contributed by atoms with van der Waals surface area (Å²) in [5.41, 5.74) is 2.89. The van der Waals surface area contributed by atoms with Crippen LogP contribution in [0.1, 0.15) is 30.7 Å². The van der Waals surface area contributed by atoms with Crippen molar-refractivity contribution in [2.24, 2.45) is 0 Å². The smallest absolute Gasteiger partial charge is 0.330 e. The number of ether oxygens (including phenoxy) is 2. The lowest BCUT2D eigenvalue weighted by Gasteiger charge is -2.03. The number of aryl methyl sites for hydroxylation is 1. The molecule has 0 N–H and O–H groups in total. The van der Waals surface area contributed by atoms with Crippen molar-refractivity contribution in [2.45, 2.75) is 25.7 Å². The number of carbonyl (C=O) groups excluding carboxylic acids is 2. The summed E-state index contributed by atoms with van der Waals surface area (Å²) in [5, 5.41) is 9.59. The Morgan fingerprint density at radius 2 is 2.16 bits per heavy atom. The molecule has 2 aromatic rings. The van der Waals surface area contributed by atoms with Gasteiger partial charge < -0.3 is 13.9 Å². The van der Waals surface area contributed by atoms with Crippen molar-refractivity contribution in [3.8, 4) is 6.07 Å². The minimum absolute atomic E-state index is 0.0835. The van der Waals surface area contributed by atoms with Crippen molar-refractivity contribution in [1.82, 2.24) is 4.40 Å². The highest BCUT2D eigenvalue weighted by molar-refractivity contribution is 7.99. The summed E-state index contributed by atoms with van der Waals surface area (Å²) in [7, 11) is 0. The first-order valence-electron chi connectivity index (χ1n) is 7.63. The molecule has 0 atom stereocenters. The van der Waals surface area contributed by atoms with E-state index in [4.69, 9.17) is 9.47 Å². The van der Waals surface area contributed by atoms with Gasteiger partial charge >= 0.3 is 11.9 Å². The predicted molar refractivity (Wildman–Crippen MR) is 95.0 cm³/mol. The van der Waals surface area contributed by atoms with Crippen LogP contribution in [-0.4, -0.2) is 28.9 Å². The number of rotatable bonds is 6. The number of fused-ring (bicyclic) bond motifs is 1. The van der Waals surface area contributed by atoms with E-state index >= 15 is 0 Å². The summed E-state index contributed by atoms with van der Waals surface area (Å²) in [4.78, 5) is 23.3. The van der Waals surface area contributed by atoms with Gasteiger partial charge in [0.05, 0.1) is 28.3 Å². The summed E-state index contributed by atoms with van der Waals surface area (Å²) in [6, 6.07) is 6.02. The van der Waals surface area contributed by atoms with Crippen molar-refractivity contribution < 1.29 is 19.1 Å². The van der Waals surface area contributed by atoms with Crippen LogP contribution in [0.5, 0.6) is 0 Å². The zero-order chi connectivity index (χ0) is 18.4. The second-order valence-corrected chi connectivity index (χ2v) is 6.08.